The van der Waals surface area contributed by atoms with Crippen molar-refractivity contribution in [1.29, 1.82) is 0 Å². The second-order valence-electron chi connectivity index (χ2n) is 8.24. The van der Waals surface area contributed by atoms with Crippen LogP contribution in [0, 0.1) is 0 Å². The highest BCUT2D eigenvalue weighted by Crippen LogP contribution is 2.45. The second kappa shape index (κ2) is 9.77. The first-order valence-corrected chi connectivity index (χ1v) is 11.3. The van der Waals surface area contributed by atoms with E-state index in [1.54, 1.807) is 42.9 Å². The average Bonchev–Trinajstić information content (AvgIpc) is 2.93. The van der Waals surface area contributed by atoms with E-state index in [0.717, 1.165) is 11.1 Å². The van der Waals surface area contributed by atoms with Crippen molar-refractivity contribution >= 4 is 17.5 Å². The molecule has 5 rings (SSSR count). The standard InChI is InChI=1S/C28H24N4O3/c1-35-22-10-8-21(9-11-22)32-26(20-5-4-14-30-18-20)25(23-6-2-3-7-24(23)28(32)34)27(33)31-17-19-12-15-29-16-13-19/h2-16,18,25-26H,17H2,1H3,(H,31,33)/t25-,26+/m0/s1. The zero-order valence-electron chi connectivity index (χ0n) is 19.2. The van der Waals surface area contributed by atoms with Gasteiger partial charge in [-0.1, -0.05) is 24.3 Å². The highest BCUT2D eigenvalue weighted by atomic mass is 16.5. The van der Waals surface area contributed by atoms with E-state index in [-0.39, 0.29) is 11.8 Å². The Morgan fingerprint density at radius 3 is 2.43 bits per heavy atom. The van der Waals surface area contributed by atoms with Crippen LogP contribution in [0.2, 0.25) is 0 Å². The molecule has 0 fully saturated rings. The van der Waals surface area contributed by atoms with Gasteiger partial charge in [0.25, 0.3) is 5.91 Å². The molecule has 0 bridgehead atoms. The summed E-state index contributed by atoms with van der Waals surface area (Å²) in [5.41, 5.74) is 3.59. The molecule has 3 heterocycles. The smallest absolute Gasteiger partial charge is 0.259 e. The molecule has 7 heteroatoms. The number of carbonyl (C=O) groups is 2. The first-order valence-electron chi connectivity index (χ1n) is 11.3. The van der Waals surface area contributed by atoms with Crippen LogP contribution in [0.4, 0.5) is 5.69 Å². The molecule has 4 aromatic rings. The highest BCUT2D eigenvalue weighted by molar-refractivity contribution is 6.11. The number of pyridine rings is 2. The third-order valence-electron chi connectivity index (χ3n) is 6.21. The lowest BCUT2D eigenvalue weighted by Gasteiger charge is -2.41. The van der Waals surface area contributed by atoms with Gasteiger partial charge in [0.15, 0.2) is 0 Å². The third-order valence-corrected chi connectivity index (χ3v) is 6.21. The Balaban J connectivity index is 1.62. The summed E-state index contributed by atoms with van der Waals surface area (Å²) in [4.78, 5) is 37.6. The van der Waals surface area contributed by atoms with Gasteiger partial charge in [0.2, 0.25) is 5.91 Å². The number of hydrogen-bond acceptors (Lipinski definition) is 5. The molecule has 0 saturated carbocycles. The molecule has 2 atom stereocenters. The summed E-state index contributed by atoms with van der Waals surface area (Å²) in [6.45, 7) is 0.357. The normalized spacial score (nSPS) is 16.9. The van der Waals surface area contributed by atoms with E-state index in [2.05, 4.69) is 15.3 Å². The van der Waals surface area contributed by atoms with Gasteiger partial charge < -0.3 is 10.1 Å². The molecule has 0 unspecified atom stereocenters. The van der Waals surface area contributed by atoms with Gasteiger partial charge in [-0.3, -0.25) is 24.5 Å². The number of ether oxygens (including phenoxy) is 1. The lowest BCUT2D eigenvalue weighted by molar-refractivity contribution is -0.123. The number of benzene rings is 2. The summed E-state index contributed by atoms with van der Waals surface area (Å²) in [5.74, 6) is -0.299. The minimum Gasteiger partial charge on any atom is -0.497 e. The predicted octanol–water partition coefficient (Wildman–Crippen LogP) is 4.29. The molecule has 1 N–H and O–H groups in total. The van der Waals surface area contributed by atoms with E-state index >= 15 is 0 Å². The summed E-state index contributed by atoms with van der Waals surface area (Å²) in [5, 5.41) is 3.07. The first-order chi connectivity index (χ1) is 17.2. The quantitative estimate of drug-likeness (QED) is 0.460. The van der Waals surface area contributed by atoms with Gasteiger partial charge in [-0.25, -0.2) is 0 Å². The fraction of sp³-hybridized carbons (Fsp3) is 0.143. The summed E-state index contributed by atoms with van der Waals surface area (Å²) in [7, 11) is 1.60. The molecular weight excluding hydrogens is 440 g/mol. The molecule has 174 valence electrons. The monoisotopic (exact) mass is 464 g/mol. The fourth-order valence-corrected chi connectivity index (χ4v) is 4.54. The number of nitrogens with zero attached hydrogens (tertiary/aromatic N) is 3. The van der Waals surface area contributed by atoms with Crippen LogP contribution in [0.5, 0.6) is 5.75 Å². The average molecular weight is 465 g/mol. The van der Waals surface area contributed by atoms with E-state index in [4.69, 9.17) is 4.74 Å². The number of amides is 2. The molecular formula is C28H24N4O3. The molecule has 0 spiro atoms. The van der Waals surface area contributed by atoms with Gasteiger partial charge >= 0.3 is 0 Å². The van der Waals surface area contributed by atoms with Gasteiger partial charge in [0.1, 0.15) is 5.75 Å². The van der Waals surface area contributed by atoms with E-state index in [1.807, 2.05) is 66.7 Å². The van der Waals surface area contributed by atoms with Gasteiger partial charge in [-0.05, 0) is 65.2 Å². The zero-order valence-corrected chi connectivity index (χ0v) is 19.2. The summed E-state index contributed by atoms with van der Waals surface area (Å²) in [6, 6.07) is 21.5. The second-order valence-corrected chi connectivity index (χ2v) is 8.24. The number of fused-ring (bicyclic) bond motifs is 1. The first kappa shape index (κ1) is 22.3. The Bertz CT molecular complexity index is 1330. The van der Waals surface area contributed by atoms with E-state index in [0.29, 0.717) is 29.1 Å². The molecule has 2 aromatic heterocycles. The minimum atomic E-state index is -0.642. The van der Waals surface area contributed by atoms with Crippen molar-refractivity contribution in [3.8, 4) is 5.75 Å². The topological polar surface area (TPSA) is 84.4 Å². The van der Waals surface area contributed by atoms with E-state index in [9.17, 15) is 9.59 Å². The van der Waals surface area contributed by atoms with Crippen molar-refractivity contribution in [2.75, 3.05) is 12.0 Å². The number of aromatic nitrogens is 2. The van der Waals surface area contributed by atoms with Crippen LogP contribution in [0.3, 0.4) is 0 Å². The van der Waals surface area contributed by atoms with Crippen molar-refractivity contribution in [2.45, 2.75) is 18.5 Å². The fourth-order valence-electron chi connectivity index (χ4n) is 4.54. The molecule has 2 amide bonds. The van der Waals surface area contributed by atoms with Crippen molar-refractivity contribution in [3.63, 3.8) is 0 Å². The number of nitrogens with one attached hydrogen (secondary N) is 1. The van der Waals surface area contributed by atoms with E-state index in [1.165, 1.54) is 0 Å². The van der Waals surface area contributed by atoms with Crippen LogP contribution in [-0.2, 0) is 11.3 Å². The molecule has 0 aliphatic carbocycles. The predicted molar refractivity (Wildman–Crippen MR) is 132 cm³/mol. The largest absolute Gasteiger partial charge is 0.497 e. The number of carbonyl (C=O) groups excluding carboxylic acids is 2. The Labute approximate surface area is 203 Å². The van der Waals surface area contributed by atoms with Gasteiger partial charge in [0, 0.05) is 42.6 Å². The van der Waals surface area contributed by atoms with Crippen LogP contribution < -0.4 is 15.0 Å². The maximum Gasteiger partial charge on any atom is 0.259 e. The number of hydrogen-bond donors (Lipinski definition) is 1. The SMILES string of the molecule is COc1ccc(N2C(=O)c3ccccc3[C@H](C(=O)NCc3ccncc3)[C@H]2c2cccnc2)cc1. The summed E-state index contributed by atoms with van der Waals surface area (Å²) in [6.07, 6.45) is 6.78. The van der Waals surface area contributed by atoms with Gasteiger partial charge in [-0.2, -0.15) is 0 Å². The maximum atomic E-state index is 13.8. The van der Waals surface area contributed by atoms with Crippen LogP contribution >= 0.6 is 0 Å². The van der Waals surface area contributed by atoms with E-state index < -0.39 is 12.0 Å². The Morgan fingerprint density at radius 1 is 0.943 bits per heavy atom. The van der Waals surface area contributed by atoms with Gasteiger partial charge in [-0.15, -0.1) is 0 Å². The Kier molecular flexibility index (Phi) is 6.22. The lowest BCUT2D eigenvalue weighted by atomic mass is 9.79. The summed E-state index contributed by atoms with van der Waals surface area (Å²) >= 11 is 0. The van der Waals surface area contributed by atoms with Crippen molar-refractivity contribution in [3.05, 3.63) is 120 Å². The molecule has 1 aliphatic heterocycles. The zero-order chi connectivity index (χ0) is 24.2. The van der Waals surface area contributed by atoms with Crippen molar-refractivity contribution in [1.82, 2.24) is 15.3 Å². The molecule has 35 heavy (non-hydrogen) atoms. The molecule has 7 nitrogen and oxygen atoms in total. The number of rotatable bonds is 6. The minimum absolute atomic E-state index is 0.169. The van der Waals surface area contributed by atoms with Crippen LogP contribution in [-0.4, -0.2) is 28.9 Å². The number of anilines is 1. The molecule has 0 saturated heterocycles. The summed E-state index contributed by atoms with van der Waals surface area (Å²) < 4.78 is 5.30. The van der Waals surface area contributed by atoms with Crippen LogP contribution in [0.1, 0.15) is 39.0 Å². The molecule has 0 radical (unpaired) electrons. The third kappa shape index (κ3) is 4.36. The highest BCUT2D eigenvalue weighted by Gasteiger charge is 2.44. The van der Waals surface area contributed by atoms with Crippen LogP contribution in [0.25, 0.3) is 0 Å². The lowest BCUT2D eigenvalue weighted by Crippen LogP contribution is -2.47. The van der Waals surface area contributed by atoms with Gasteiger partial charge in [0.05, 0.1) is 19.1 Å². The molecule has 1 aliphatic rings. The Hall–Kier alpha value is -4.52. The molecule has 2 aromatic carbocycles. The number of methoxy groups -OCH3 is 1. The maximum absolute atomic E-state index is 13.8. The van der Waals surface area contributed by atoms with Crippen LogP contribution in [0.15, 0.2) is 97.6 Å². The van der Waals surface area contributed by atoms with Crippen molar-refractivity contribution < 1.29 is 14.3 Å². The van der Waals surface area contributed by atoms with Crippen molar-refractivity contribution in [2.24, 2.45) is 0 Å². The Morgan fingerprint density at radius 2 is 1.71 bits per heavy atom.